The van der Waals surface area contributed by atoms with E-state index in [0.717, 1.165) is 43.2 Å². The van der Waals surface area contributed by atoms with E-state index in [0.29, 0.717) is 39.0 Å². The van der Waals surface area contributed by atoms with Crippen LogP contribution in [0.4, 0.5) is 25.8 Å². The number of hydrogen-bond acceptors (Lipinski definition) is 2. The van der Waals surface area contributed by atoms with Crippen molar-refractivity contribution >= 4 is 46.2 Å². The number of carbonyl (C=O) groups is 1. The maximum absolute atomic E-state index is 14.9. The molecule has 2 aliphatic heterocycles. The second-order valence-electron chi connectivity index (χ2n) is 8.46. The van der Waals surface area contributed by atoms with Crippen molar-refractivity contribution in [3.8, 4) is 11.1 Å². The molecule has 0 unspecified atom stereocenters. The first-order chi connectivity index (χ1) is 15.9. The minimum absolute atomic E-state index is 0.126. The van der Waals surface area contributed by atoms with Crippen LogP contribution in [0.1, 0.15) is 31.2 Å². The van der Waals surface area contributed by atoms with Crippen molar-refractivity contribution in [1.82, 2.24) is 0 Å². The fourth-order valence-electron chi connectivity index (χ4n) is 4.81. The van der Waals surface area contributed by atoms with Crippen molar-refractivity contribution in [2.45, 2.75) is 32.1 Å². The van der Waals surface area contributed by atoms with Crippen LogP contribution in [0.3, 0.4) is 0 Å². The lowest BCUT2D eigenvalue weighted by molar-refractivity contribution is -0.118. The van der Waals surface area contributed by atoms with Gasteiger partial charge in [-0.25, -0.2) is 8.78 Å². The molecule has 2 heterocycles. The first-order valence-electron chi connectivity index (χ1n) is 11.1. The third kappa shape index (κ3) is 4.09. The third-order valence-electron chi connectivity index (χ3n) is 6.39. The fraction of sp³-hybridized carbons (Fsp3) is 0.269. The van der Waals surface area contributed by atoms with Gasteiger partial charge in [-0.2, -0.15) is 0 Å². The quantitative estimate of drug-likeness (QED) is 0.381. The van der Waals surface area contributed by atoms with Crippen LogP contribution in [-0.2, 0) is 11.2 Å². The summed E-state index contributed by atoms with van der Waals surface area (Å²) in [6, 6.07) is 12.7. The van der Waals surface area contributed by atoms with Gasteiger partial charge in [-0.05, 0) is 73.2 Å². The third-order valence-corrected chi connectivity index (χ3v) is 7.00. The summed E-state index contributed by atoms with van der Waals surface area (Å²) in [4.78, 5) is 17.0. The molecule has 0 radical (unpaired) electrons. The monoisotopic (exact) mass is 486 g/mol. The Labute approximate surface area is 201 Å². The molecule has 1 fully saturated rings. The van der Waals surface area contributed by atoms with E-state index in [4.69, 9.17) is 23.2 Å². The molecule has 0 N–H and O–H groups in total. The van der Waals surface area contributed by atoms with Gasteiger partial charge in [0.1, 0.15) is 11.6 Å². The van der Waals surface area contributed by atoms with Gasteiger partial charge in [-0.1, -0.05) is 29.3 Å². The summed E-state index contributed by atoms with van der Waals surface area (Å²) in [7, 11) is 0. The smallest absolute Gasteiger partial charge is 0.231 e. The van der Waals surface area contributed by atoms with Crippen LogP contribution in [0.5, 0.6) is 0 Å². The molecular formula is C26H22Cl2F2N2O. The number of para-hydroxylation sites is 1. The number of anilines is 3. The number of piperidine rings is 1. The number of fused-ring (bicyclic) bond motifs is 1. The van der Waals surface area contributed by atoms with E-state index in [-0.39, 0.29) is 12.3 Å². The largest absolute Gasteiger partial charge is 0.371 e. The summed E-state index contributed by atoms with van der Waals surface area (Å²) in [5.74, 6) is -1.39. The van der Waals surface area contributed by atoms with Crippen molar-refractivity contribution < 1.29 is 13.6 Å². The zero-order valence-electron chi connectivity index (χ0n) is 17.9. The van der Waals surface area contributed by atoms with Crippen LogP contribution in [-0.4, -0.2) is 19.0 Å². The van der Waals surface area contributed by atoms with Crippen LogP contribution in [0, 0.1) is 11.6 Å². The second kappa shape index (κ2) is 8.96. The summed E-state index contributed by atoms with van der Waals surface area (Å²) >= 11 is 13.0. The maximum Gasteiger partial charge on any atom is 0.231 e. The molecule has 2 aliphatic rings. The highest BCUT2D eigenvalue weighted by atomic mass is 35.5. The van der Waals surface area contributed by atoms with E-state index in [1.807, 2.05) is 12.1 Å². The summed E-state index contributed by atoms with van der Waals surface area (Å²) in [6.45, 7) is 1.76. The molecule has 3 aromatic carbocycles. The van der Waals surface area contributed by atoms with Gasteiger partial charge >= 0.3 is 0 Å². The van der Waals surface area contributed by atoms with E-state index in [9.17, 15) is 13.6 Å². The van der Waals surface area contributed by atoms with Crippen molar-refractivity contribution in [3.05, 3.63) is 75.8 Å². The van der Waals surface area contributed by atoms with Gasteiger partial charge in [-0.3, -0.25) is 9.69 Å². The Kier molecular flexibility index (Phi) is 6.02. The summed E-state index contributed by atoms with van der Waals surface area (Å²) in [5.41, 5.74) is 3.75. The normalized spacial score (nSPS) is 16.2. The van der Waals surface area contributed by atoms with Crippen molar-refractivity contribution in [1.29, 1.82) is 0 Å². The zero-order valence-corrected chi connectivity index (χ0v) is 19.4. The van der Waals surface area contributed by atoms with E-state index in [1.54, 1.807) is 23.1 Å². The maximum atomic E-state index is 14.9. The summed E-state index contributed by atoms with van der Waals surface area (Å²) < 4.78 is 28.6. The molecule has 33 heavy (non-hydrogen) atoms. The van der Waals surface area contributed by atoms with Crippen LogP contribution < -0.4 is 9.80 Å². The number of amides is 1. The predicted molar refractivity (Wildman–Crippen MR) is 130 cm³/mol. The first-order valence-corrected chi connectivity index (χ1v) is 11.8. The van der Waals surface area contributed by atoms with Crippen molar-refractivity contribution in [2.24, 2.45) is 0 Å². The lowest BCUT2D eigenvalue weighted by Gasteiger charge is -2.35. The first kappa shape index (κ1) is 22.2. The van der Waals surface area contributed by atoms with Crippen LogP contribution in [0.25, 0.3) is 11.1 Å². The molecule has 0 aromatic heterocycles. The van der Waals surface area contributed by atoms with Gasteiger partial charge in [-0.15, -0.1) is 0 Å². The second-order valence-corrected chi connectivity index (χ2v) is 9.28. The van der Waals surface area contributed by atoms with Gasteiger partial charge in [0, 0.05) is 36.8 Å². The van der Waals surface area contributed by atoms with Crippen molar-refractivity contribution in [3.63, 3.8) is 0 Å². The van der Waals surface area contributed by atoms with Gasteiger partial charge in [0.2, 0.25) is 5.91 Å². The zero-order chi connectivity index (χ0) is 23.1. The highest BCUT2D eigenvalue weighted by molar-refractivity contribution is 6.40. The molecule has 5 rings (SSSR count). The topological polar surface area (TPSA) is 23.6 Å². The number of carbonyl (C=O) groups excluding carboxylic acids is 1. The molecule has 3 nitrogen and oxygen atoms in total. The fourth-order valence-corrected chi connectivity index (χ4v) is 5.38. The molecule has 0 spiro atoms. The Morgan fingerprint density at radius 1 is 0.818 bits per heavy atom. The Bertz CT molecular complexity index is 1220. The van der Waals surface area contributed by atoms with Gasteiger partial charge in [0.25, 0.3) is 0 Å². The molecule has 1 saturated heterocycles. The highest BCUT2D eigenvalue weighted by Crippen LogP contribution is 2.47. The molecule has 7 heteroatoms. The molecule has 3 aromatic rings. The molecule has 170 valence electrons. The van der Waals surface area contributed by atoms with E-state index in [1.165, 1.54) is 18.6 Å². The molecular weight excluding hydrogens is 465 g/mol. The Morgan fingerprint density at radius 3 is 2.24 bits per heavy atom. The van der Waals surface area contributed by atoms with Gasteiger partial charge in [0.15, 0.2) is 0 Å². The Balaban J connectivity index is 1.77. The minimum atomic E-state index is -0.632. The predicted octanol–water partition coefficient (Wildman–Crippen LogP) is 7.54. The minimum Gasteiger partial charge on any atom is -0.371 e. The number of rotatable bonds is 3. The van der Waals surface area contributed by atoms with Gasteiger partial charge in [0.05, 0.1) is 21.4 Å². The average Bonchev–Trinajstić information content (AvgIpc) is 2.80. The van der Waals surface area contributed by atoms with E-state index in [2.05, 4.69) is 4.90 Å². The van der Waals surface area contributed by atoms with E-state index < -0.39 is 11.6 Å². The Morgan fingerprint density at radius 2 is 1.55 bits per heavy atom. The number of nitrogens with zero attached hydrogens (tertiary/aromatic N) is 2. The van der Waals surface area contributed by atoms with Crippen LogP contribution in [0.15, 0.2) is 48.5 Å². The Hall–Kier alpha value is -2.63. The number of hydrogen-bond donors (Lipinski definition) is 0. The van der Waals surface area contributed by atoms with Crippen molar-refractivity contribution in [2.75, 3.05) is 22.9 Å². The van der Waals surface area contributed by atoms with E-state index >= 15 is 0 Å². The average molecular weight is 487 g/mol. The number of halogens is 4. The lowest BCUT2D eigenvalue weighted by Crippen LogP contribution is -2.33. The SMILES string of the molecule is O=C1CCc2c(-c3ccc(F)cc3F)cc(N3CCCCC3)cc2N1c1c(Cl)cccc1Cl. The highest BCUT2D eigenvalue weighted by Gasteiger charge is 2.32. The summed E-state index contributed by atoms with van der Waals surface area (Å²) in [6.07, 6.45) is 3.97. The molecule has 1 amide bonds. The van der Waals surface area contributed by atoms with Crippen LogP contribution in [0.2, 0.25) is 10.0 Å². The molecule has 0 aliphatic carbocycles. The standard InChI is InChI=1S/C26H22Cl2F2N2O/c27-21-5-4-6-22(28)26(21)32-24-15-17(31-11-2-1-3-12-31)14-20(19(24)9-10-25(32)33)18-8-7-16(29)13-23(18)30/h4-8,13-15H,1-3,9-12H2. The summed E-state index contributed by atoms with van der Waals surface area (Å²) in [5, 5.41) is 0.725. The number of benzene rings is 3. The molecule has 0 bridgehead atoms. The lowest BCUT2D eigenvalue weighted by atomic mass is 9.90. The van der Waals surface area contributed by atoms with Gasteiger partial charge < -0.3 is 4.90 Å². The van der Waals surface area contributed by atoms with Crippen LogP contribution >= 0.6 is 23.2 Å². The molecule has 0 atom stereocenters. The molecule has 0 saturated carbocycles.